The third-order valence-electron chi connectivity index (χ3n) is 2.89. The van der Waals surface area contributed by atoms with Gasteiger partial charge < -0.3 is 5.11 Å². The number of benzene rings is 2. The summed E-state index contributed by atoms with van der Waals surface area (Å²) in [4.78, 5) is 22.6. The van der Waals surface area contributed by atoms with Crippen molar-refractivity contribution in [1.82, 2.24) is 0 Å². The van der Waals surface area contributed by atoms with Crippen molar-refractivity contribution in [3.63, 3.8) is 0 Å². The Kier molecular flexibility index (Phi) is 5.28. The van der Waals surface area contributed by atoms with Gasteiger partial charge in [-0.15, -0.1) is 0 Å². The maximum atomic E-state index is 12.1. The van der Waals surface area contributed by atoms with Crippen LogP contribution in [-0.4, -0.2) is 16.9 Å². The predicted molar refractivity (Wildman–Crippen MR) is 87.9 cm³/mol. The van der Waals surface area contributed by atoms with Crippen LogP contribution in [0.4, 0.5) is 0 Å². The maximum absolute atomic E-state index is 12.1. The van der Waals surface area contributed by atoms with Crippen LogP contribution in [0.1, 0.15) is 21.5 Å². The Bertz CT molecular complexity index is 743. The minimum Gasteiger partial charge on any atom is -0.478 e. The molecule has 22 heavy (non-hydrogen) atoms. The van der Waals surface area contributed by atoms with Crippen molar-refractivity contribution in [2.45, 2.75) is 0 Å². The number of halogens is 1. The van der Waals surface area contributed by atoms with E-state index in [1.165, 1.54) is 12.2 Å². The zero-order valence-corrected chi connectivity index (χ0v) is 12.3. The second kappa shape index (κ2) is 7.38. The van der Waals surface area contributed by atoms with E-state index in [9.17, 15) is 9.59 Å². The van der Waals surface area contributed by atoms with Gasteiger partial charge in [0.25, 0.3) is 0 Å². The number of carboxylic acids is 1. The van der Waals surface area contributed by atoms with Gasteiger partial charge in [0.1, 0.15) is 0 Å². The maximum Gasteiger partial charge on any atom is 0.328 e. The van der Waals surface area contributed by atoms with Crippen LogP contribution in [0.2, 0.25) is 5.02 Å². The number of aliphatic carboxylic acids is 1. The number of ketones is 1. The van der Waals surface area contributed by atoms with Gasteiger partial charge in [0, 0.05) is 16.7 Å². The summed E-state index contributed by atoms with van der Waals surface area (Å²) in [6.45, 7) is 0. The lowest BCUT2D eigenvalue weighted by Crippen LogP contribution is -1.94. The summed E-state index contributed by atoms with van der Waals surface area (Å²) in [5.74, 6) is -1.18. The van der Waals surface area contributed by atoms with Crippen LogP contribution in [0.5, 0.6) is 0 Å². The lowest BCUT2D eigenvalue weighted by molar-refractivity contribution is -0.131. The zero-order valence-electron chi connectivity index (χ0n) is 11.6. The number of carbonyl (C=O) groups is 2. The molecule has 0 radical (unpaired) electrons. The van der Waals surface area contributed by atoms with Crippen molar-refractivity contribution in [1.29, 1.82) is 0 Å². The summed E-state index contributed by atoms with van der Waals surface area (Å²) in [5.41, 5.74) is 2.03. The molecule has 0 aliphatic carbocycles. The first-order valence-corrected chi connectivity index (χ1v) is 6.91. The highest BCUT2D eigenvalue weighted by Crippen LogP contribution is 2.12. The van der Waals surface area contributed by atoms with Gasteiger partial charge in [-0.1, -0.05) is 48.0 Å². The Morgan fingerprint density at radius 3 is 2.27 bits per heavy atom. The minimum atomic E-state index is -1.03. The molecule has 0 bridgehead atoms. The molecule has 0 heterocycles. The van der Waals surface area contributed by atoms with Crippen LogP contribution in [0.25, 0.3) is 12.2 Å². The highest BCUT2D eigenvalue weighted by atomic mass is 35.5. The summed E-state index contributed by atoms with van der Waals surface area (Å²) >= 11 is 5.80. The second-order valence-electron chi connectivity index (χ2n) is 4.55. The highest BCUT2D eigenvalue weighted by molar-refractivity contribution is 6.30. The van der Waals surface area contributed by atoms with E-state index in [1.54, 1.807) is 42.5 Å². The fourth-order valence-corrected chi connectivity index (χ4v) is 1.93. The lowest BCUT2D eigenvalue weighted by Gasteiger charge is -1.99. The molecule has 2 aromatic carbocycles. The Morgan fingerprint density at radius 2 is 1.59 bits per heavy atom. The van der Waals surface area contributed by atoms with Gasteiger partial charge >= 0.3 is 5.97 Å². The van der Waals surface area contributed by atoms with E-state index in [0.717, 1.165) is 11.6 Å². The van der Waals surface area contributed by atoms with Crippen LogP contribution < -0.4 is 0 Å². The molecule has 3 nitrogen and oxygen atoms in total. The van der Waals surface area contributed by atoms with E-state index in [-0.39, 0.29) is 5.78 Å². The number of allylic oxidation sites excluding steroid dienone is 1. The summed E-state index contributed by atoms with van der Waals surface area (Å²) in [6, 6.07) is 13.9. The number of rotatable bonds is 5. The fraction of sp³-hybridized carbons (Fsp3) is 0. The van der Waals surface area contributed by atoms with E-state index >= 15 is 0 Å². The SMILES string of the molecule is O=C(O)C=Cc1cccc(C(=O)C=Cc2ccc(Cl)cc2)c1. The lowest BCUT2D eigenvalue weighted by atomic mass is 10.1. The van der Waals surface area contributed by atoms with Crippen molar-refractivity contribution in [2.24, 2.45) is 0 Å². The molecule has 4 heteroatoms. The average molecular weight is 313 g/mol. The predicted octanol–water partition coefficient (Wildman–Crippen LogP) is 4.33. The van der Waals surface area contributed by atoms with E-state index in [1.807, 2.05) is 12.1 Å². The summed E-state index contributed by atoms with van der Waals surface area (Å²) < 4.78 is 0. The first kappa shape index (κ1) is 15.7. The fourth-order valence-electron chi connectivity index (χ4n) is 1.81. The molecule has 0 aromatic heterocycles. The molecular weight excluding hydrogens is 300 g/mol. The van der Waals surface area contributed by atoms with Crippen LogP contribution >= 0.6 is 11.6 Å². The van der Waals surface area contributed by atoms with Gasteiger partial charge in [0.05, 0.1) is 0 Å². The largest absolute Gasteiger partial charge is 0.478 e. The molecule has 0 atom stereocenters. The van der Waals surface area contributed by atoms with Gasteiger partial charge in [-0.25, -0.2) is 4.79 Å². The highest BCUT2D eigenvalue weighted by Gasteiger charge is 2.02. The molecule has 0 saturated carbocycles. The molecule has 1 N–H and O–H groups in total. The van der Waals surface area contributed by atoms with Crippen LogP contribution in [-0.2, 0) is 4.79 Å². The third kappa shape index (κ3) is 4.72. The number of hydrogen-bond acceptors (Lipinski definition) is 2. The minimum absolute atomic E-state index is 0.152. The standard InChI is InChI=1S/C18H13ClO3/c19-16-8-4-13(5-9-16)6-10-17(20)15-3-1-2-14(12-15)7-11-18(21)22/h1-12H,(H,21,22). The molecule has 2 rings (SSSR count). The van der Waals surface area contributed by atoms with Gasteiger partial charge in [0.15, 0.2) is 5.78 Å². The normalized spacial score (nSPS) is 11.1. The molecule has 2 aromatic rings. The van der Waals surface area contributed by atoms with Gasteiger partial charge in [0.2, 0.25) is 0 Å². The van der Waals surface area contributed by atoms with Crippen molar-refractivity contribution < 1.29 is 14.7 Å². The Labute approximate surface area is 133 Å². The Balaban J connectivity index is 2.14. The van der Waals surface area contributed by atoms with E-state index in [2.05, 4.69) is 0 Å². The van der Waals surface area contributed by atoms with E-state index in [4.69, 9.17) is 16.7 Å². The summed E-state index contributed by atoms with van der Waals surface area (Å²) in [6.07, 6.45) is 5.66. The first-order valence-electron chi connectivity index (χ1n) is 6.53. The van der Waals surface area contributed by atoms with Crippen LogP contribution in [0, 0.1) is 0 Å². The zero-order chi connectivity index (χ0) is 15.9. The molecule has 0 aliphatic heterocycles. The molecule has 0 aliphatic rings. The number of carbonyl (C=O) groups excluding carboxylic acids is 1. The van der Waals surface area contributed by atoms with Gasteiger partial charge in [-0.05, 0) is 41.5 Å². The number of hydrogen-bond donors (Lipinski definition) is 1. The summed E-state index contributed by atoms with van der Waals surface area (Å²) in [7, 11) is 0. The molecule has 0 unspecified atom stereocenters. The topological polar surface area (TPSA) is 54.4 Å². The molecular formula is C18H13ClO3. The molecule has 110 valence electrons. The Morgan fingerprint density at radius 1 is 0.909 bits per heavy atom. The molecule has 0 fully saturated rings. The quantitative estimate of drug-likeness (QED) is 0.660. The molecule has 0 spiro atoms. The van der Waals surface area contributed by atoms with Crippen molar-refractivity contribution in [2.75, 3.05) is 0 Å². The van der Waals surface area contributed by atoms with Crippen LogP contribution in [0.15, 0.2) is 60.7 Å². The van der Waals surface area contributed by atoms with Crippen molar-refractivity contribution in [3.8, 4) is 0 Å². The Hall–Kier alpha value is -2.65. The van der Waals surface area contributed by atoms with E-state index in [0.29, 0.717) is 16.1 Å². The molecule has 0 saturated heterocycles. The average Bonchev–Trinajstić information content (AvgIpc) is 2.52. The smallest absolute Gasteiger partial charge is 0.328 e. The van der Waals surface area contributed by atoms with E-state index < -0.39 is 5.97 Å². The molecule has 0 amide bonds. The third-order valence-corrected chi connectivity index (χ3v) is 3.14. The first-order chi connectivity index (χ1) is 10.5. The van der Waals surface area contributed by atoms with Crippen molar-refractivity contribution in [3.05, 3.63) is 82.4 Å². The summed E-state index contributed by atoms with van der Waals surface area (Å²) in [5, 5.41) is 9.25. The number of carboxylic acid groups (broad SMARTS) is 1. The monoisotopic (exact) mass is 312 g/mol. The van der Waals surface area contributed by atoms with Crippen LogP contribution in [0.3, 0.4) is 0 Å². The van der Waals surface area contributed by atoms with Gasteiger partial charge in [-0.3, -0.25) is 4.79 Å². The van der Waals surface area contributed by atoms with Crippen molar-refractivity contribution >= 4 is 35.5 Å². The van der Waals surface area contributed by atoms with Gasteiger partial charge in [-0.2, -0.15) is 0 Å². The second-order valence-corrected chi connectivity index (χ2v) is 4.98.